The number of fused-ring (bicyclic) bond motifs is 2. The fourth-order valence-electron chi connectivity index (χ4n) is 5.09. The Morgan fingerprint density at radius 1 is 1.00 bits per heavy atom. The smallest absolute Gasteiger partial charge is 0.259 e. The number of methoxy groups -OCH3 is 3. The molecule has 1 fully saturated rings. The maximum atomic E-state index is 13.4. The van der Waals surface area contributed by atoms with Gasteiger partial charge < -0.3 is 24.8 Å². The lowest BCUT2D eigenvalue weighted by Crippen LogP contribution is -2.49. The van der Waals surface area contributed by atoms with Crippen LogP contribution in [-0.2, 0) is 10.2 Å². The molecule has 1 heterocycles. The summed E-state index contributed by atoms with van der Waals surface area (Å²) in [6.45, 7) is 1.88. The van der Waals surface area contributed by atoms with Gasteiger partial charge in [0.2, 0.25) is 0 Å². The molecular weight excluding hydrogens is 404 g/mol. The van der Waals surface area contributed by atoms with Gasteiger partial charge in [-0.15, -0.1) is 12.4 Å². The molecule has 2 aromatic rings. The molecule has 6 nitrogen and oxygen atoms in total. The third kappa shape index (κ3) is 3.53. The minimum Gasteiger partial charge on any atom is -0.496 e. The van der Waals surface area contributed by atoms with E-state index in [4.69, 9.17) is 14.2 Å². The number of hydrogen-bond acceptors (Lipinski definition) is 5. The monoisotopic (exact) mass is 432 g/mol. The van der Waals surface area contributed by atoms with E-state index in [9.17, 15) is 4.79 Å². The number of carbonyl (C=O) groups excluding carboxylic acids is 1. The molecule has 2 aliphatic rings. The predicted molar refractivity (Wildman–Crippen MR) is 118 cm³/mol. The van der Waals surface area contributed by atoms with Crippen LogP contribution in [0.5, 0.6) is 11.5 Å². The molecule has 0 radical (unpaired) electrons. The van der Waals surface area contributed by atoms with Gasteiger partial charge in [-0.3, -0.25) is 4.79 Å². The molecule has 0 unspecified atom stereocenters. The molecule has 4 rings (SSSR count). The molecular formula is C23H29ClN2O4. The van der Waals surface area contributed by atoms with Crippen molar-refractivity contribution in [2.24, 2.45) is 0 Å². The normalized spacial score (nSPS) is 21.4. The highest BCUT2D eigenvalue weighted by Gasteiger charge is 2.53. The molecule has 2 aromatic carbocycles. The van der Waals surface area contributed by atoms with Crippen molar-refractivity contribution in [2.75, 3.05) is 34.4 Å². The van der Waals surface area contributed by atoms with E-state index in [-0.39, 0.29) is 35.9 Å². The van der Waals surface area contributed by atoms with Crippen LogP contribution < -0.4 is 20.1 Å². The van der Waals surface area contributed by atoms with Gasteiger partial charge in [0.15, 0.2) is 0 Å². The first kappa shape index (κ1) is 22.4. The highest BCUT2D eigenvalue weighted by Crippen LogP contribution is 2.51. The Kier molecular flexibility index (Phi) is 6.91. The van der Waals surface area contributed by atoms with Crippen LogP contribution >= 0.6 is 12.4 Å². The number of benzene rings is 2. The molecule has 1 saturated heterocycles. The van der Waals surface area contributed by atoms with Gasteiger partial charge in [0.25, 0.3) is 5.91 Å². The number of piperidine rings is 1. The third-order valence-electron chi connectivity index (χ3n) is 6.37. The summed E-state index contributed by atoms with van der Waals surface area (Å²) in [5.41, 5.74) is 2.71. The van der Waals surface area contributed by atoms with Crippen LogP contribution in [0.2, 0.25) is 0 Å². The molecule has 30 heavy (non-hydrogen) atoms. The quantitative estimate of drug-likeness (QED) is 0.759. The van der Waals surface area contributed by atoms with Crippen LogP contribution in [0.4, 0.5) is 0 Å². The van der Waals surface area contributed by atoms with E-state index in [1.54, 1.807) is 39.5 Å². The zero-order valence-corrected chi connectivity index (χ0v) is 18.4. The first-order valence-corrected chi connectivity index (χ1v) is 10.0. The van der Waals surface area contributed by atoms with Crippen molar-refractivity contribution in [2.45, 2.75) is 30.4 Å². The Labute approximate surface area is 183 Å². The fourth-order valence-corrected chi connectivity index (χ4v) is 5.09. The standard InChI is InChI=1S/C23H28N2O4.ClH/c1-27-17-9-6-10-18(28-2)19(17)22(26)25-20-15-7-4-5-8-16(15)23(21(20)29-3)11-13-24-14-12-23;/h4-10,20-21,24H,11-14H2,1-3H3,(H,25,26);1H/t20-,21+;/m1./s1. The molecule has 7 heteroatoms. The van der Waals surface area contributed by atoms with E-state index in [0.29, 0.717) is 17.1 Å². The minimum absolute atomic E-state index is 0. The van der Waals surface area contributed by atoms with Crippen LogP contribution in [0.1, 0.15) is 40.4 Å². The third-order valence-corrected chi connectivity index (χ3v) is 6.37. The van der Waals surface area contributed by atoms with Crippen molar-refractivity contribution >= 4 is 18.3 Å². The maximum absolute atomic E-state index is 13.4. The van der Waals surface area contributed by atoms with Crippen LogP contribution in [0.15, 0.2) is 42.5 Å². The summed E-state index contributed by atoms with van der Waals surface area (Å²) in [6.07, 6.45) is 1.83. The average Bonchev–Trinajstić information content (AvgIpc) is 3.02. The first-order valence-electron chi connectivity index (χ1n) is 10.0. The number of amides is 1. The Bertz CT molecular complexity index is 876. The van der Waals surface area contributed by atoms with Gasteiger partial charge in [0.05, 0.1) is 26.4 Å². The van der Waals surface area contributed by atoms with Gasteiger partial charge in [-0.2, -0.15) is 0 Å². The average molecular weight is 433 g/mol. The number of nitrogens with one attached hydrogen (secondary N) is 2. The largest absolute Gasteiger partial charge is 0.496 e. The second-order valence-corrected chi connectivity index (χ2v) is 7.64. The van der Waals surface area contributed by atoms with Gasteiger partial charge in [-0.1, -0.05) is 30.3 Å². The Morgan fingerprint density at radius 3 is 2.23 bits per heavy atom. The van der Waals surface area contributed by atoms with E-state index in [0.717, 1.165) is 31.5 Å². The Balaban J connectivity index is 0.00000256. The van der Waals surface area contributed by atoms with Crippen molar-refractivity contribution in [1.82, 2.24) is 10.6 Å². The Hall–Kier alpha value is -2.28. The molecule has 162 valence electrons. The number of carbonyl (C=O) groups is 1. The summed E-state index contributed by atoms with van der Waals surface area (Å²) in [6, 6.07) is 13.5. The lowest BCUT2D eigenvalue weighted by atomic mass is 9.72. The zero-order valence-electron chi connectivity index (χ0n) is 17.6. The van der Waals surface area contributed by atoms with Crippen LogP contribution in [-0.4, -0.2) is 46.4 Å². The van der Waals surface area contributed by atoms with Gasteiger partial charge in [-0.05, 0) is 49.2 Å². The predicted octanol–water partition coefficient (Wildman–Crippen LogP) is 3.25. The van der Waals surface area contributed by atoms with Crippen LogP contribution in [0.3, 0.4) is 0 Å². The number of rotatable bonds is 5. The van der Waals surface area contributed by atoms with E-state index >= 15 is 0 Å². The second kappa shape index (κ2) is 9.25. The van der Waals surface area contributed by atoms with Crippen LogP contribution in [0.25, 0.3) is 0 Å². The van der Waals surface area contributed by atoms with Crippen molar-refractivity contribution < 1.29 is 19.0 Å². The number of ether oxygens (including phenoxy) is 3. The molecule has 0 saturated carbocycles. The van der Waals surface area contributed by atoms with Gasteiger partial charge in [0.1, 0.15) is 17.1 Å². The van der Waals surface area contributed by atoms with Crippen molar-refractivity contribution in [1.29, 1.82) is 0 Å². The highest BCUT2D eigenvalue weighted by molar-refractivity contribution is 6.00. The molecule has 1 aliphatic carbocycles. The van der Waals surface area contributed by atoms with E-state index in [1.807, 2.05) is 6.07 Å². The van der Waals surface area contributed by atoms with Crippen molar-refractivity contribution in [3.63, 3.8) is 0 Å². The van der Waals surface area contributed by atoms with E-state index < -0.39 is 0 Å². The molecule has 1 aliphatic heterocycles. The number of hydrogen-bond donors (Lipinski definition) is 2. The van der Waals surface area contributed by atoms with E-state index in [1.165, 1.54) is 5.56 Å². The topological polar surface area (TPSA) is 68.8 Å². The minimum atomic E-state index is -0.239. The maximum Gasteiger partial charge on any atom is 0.259 e. The zero-order chi connectivity index (χ0) is 20.4. The lowest BCUT2D eigenvalue weighted by molar-refractivity contribution is 0.00392. The summed E-state index contributed by atoms with van der Waals surface area (Å²) >= 11 is 0. The van der Waals surface area contributed by atoms with E-state index in [2.05, 4.69) is 28.8 Å². The van der Waals surface area contributed by atoms with Crippen molar-refractivity contribution in [3.8, 4) is 11.5 Å². The van der Waals surface area contributed by atoms with Crippen molar-refractivity contribution in [3.05, 3.63) is 59.2 Å². The fraction of sp³-hybridized carbons (Fsp3) is 0.435. The van der Waals surface area contributed by atoms with Gasteiger partial charge in [0, 0.05) is 12.5 Å². The lowest BCUT2D eigenvalue weighted by Gasteiger charge is -2.40. The molecule has 1 spiro atoms. The number of halogens is 1. The molecule has 2 atom stereocenters. The summed E-state index contributed by atoms with van der Waals surface area (Å²) in [7, 11) is 4.85. The highest BCUT2D eigenvalue weighted by atomic mass is 35.5. The molecule has 2 N–H and O–H groups in total. The summed E-state index contributed by atoms with van der Waals surface area (Å²) in [4.78, 5) is 13.4. The SMILES string of the molecule is COc1cccc(OC)c1C(=O)N[C@@H]1c2ccccc2C2(CCNCC2)[C@H]1OC.Cl. The molecule has 0 bridgehead atoms. The molecule has 1 amide bonds. The van der Waals surface area contributed by atoms with Crippen LogP contribution in [0, 0.1) is 0 Å². The van der Waals surface area contributed by atoms with Gasteiger partial charge in [-0.25, -0.2) is 0 Å². The Morgan fingerprint density at radius 2 is 1.63 bits per heavy atom. The second-order valence-electron chi connectivity index (χ2n) is 7.64. The first-order chi connectivity index (χ1) is 14.2. The summed E-state index contributed by atoms with van der Waals surface area (Å²) in [5, 5.41) is 6.68. The summed E-state index contributed by atoms with van der Waals surface area (Å²) < 4.78 is 16.9. The summed E-state index contributed by atoms with van der Waals surface area (Å²) in [5.74, 6) is 0.740. The van der Waals surface area contributed by atoms with Gasteiger partial charge >= 0.3 is 0 Å². The molecule has 0 aromatic heterocycles.